The third-order valence-corrected chi connectivity index (χ3v) is 11.3. The molecule has 0 aliphatic rings. The second-order valence-electron chi connectivity index (χ2n) is 12.9. The number of anilines is 3. The molecule has 9 aromatic carbocycles. The van der Waals surface area contributed by atoms with Gasteiger partial charge in [-0.15, -0.1) is 11.3 Å². The number of hydrogen-bond acceptors (Lipinski definition) is 2. The fraction of sp³-hybridized carbons (Fsp3) is 0. The Labute approximate surface area is 294 Å². The maximum absolute atomic E-state index is 2.41. The number of hydrogen-bond donors (Lipinski definition) is 0. The van der Waals surface area contributed by atoms with E-state index in [2.05, 4.69) is 193 Å². The second kappa shape index (κ2) is 11.7. The van der Waals surface area contributed by atoms with Crippen LogP contribution in [-0.4, -0.2) is 0 Å². The van der Waals surface area contributed by atoms with E-state index in [-0.39, 0.29) is 0 Å². The number of para-hydroxylation sites is 1. The average molecular weight is 654 g/mol. The number of benzene rings is 9. The van der Waals surface area contributed by atoms with Crippen LogP contribution >= 0.6 is 11.3 Å². The lowest BCUT2D eigenvalue weighted by atomic mass is 9.95. The first kappa shape index (κ1) is 28.8. The van der Waals surface area contributed by atoms with Crippen LogP contribution in [0.15, 0.2) is 188 Å². The van der Waals surface area contributed by atoms with Crippen molar-refractivity contribution >= 4 is 80.9 Å². The van der Waals surface area contributed by atoms with Crippen molar-refractivity contribution in [2.24, 2.45) is 0 Å². The lowest BCUT2D eigenvalue weighted by Gasteiger charge is -2.28. The smallest absolute Gasteiger partial charge is 0.0540 e. The number of fused-ring (bicyclic) bond motifs is 8. The van der Waals surface area contributed by atoms with Crippen LogP contribution in [0.3, 0.4) is 0 Å². The van der Waals surface area contributed by atoms with E-state index in [0.29, 0.717) is 0 Å². The topological polar surface area (TPSA) is 3.24 Å². The summed E-state index contributed by atoms with van der Waals surface area (Å²) in [5, 5.41) is 10.3. The molecular weight excluding hydrogens is 623 g/mol. The van der Waals surface area contributed by atoms with E-state index >= 15 is 0 Å². The van der Waals surface area contributed by atoms with E-state index < -0.39 is 0 Å². The Balaban J connectivity index is 1.16. The largest absolute Gasteiger partial charge is 0.310 e. The van der Waals surface area contributed by atoms with Crippen LogP contribution in [0.5, 0.6) is 0 Å². The minimum absolute atomic E-state index is 1.11. The van der Waals surface area contributed by atoms with Crippen molar-refractivity contribution in [3.8, 4) is 22.3 Å². The van der Waals surface area contributed by atoms with Crippen LogP contribution in [-0.2, 0) is 0 Å². The third-order valence-electron chi connectivity index (χ3n) is 10.0. The lowest BCUT2D eigenvalue weighted by Crippen LogP contribution is -2.11. The Morgan fingerprint density at radius 2 is 0.960 bits per heavy atom. The molecule has 0 unspecified atom stereocenters. The maximum atomic E-state index is 2.41. The summed E-state index contributed by atoms with van der Waals surface area (Å²) in [6.45, 7) is 0. The highest BCUT2D eigenvalue weighted by atomic mass is 32.1. The molecule has 0 atom stereocenters. The van der Waals surface area contributed by atoms with Gasteiger partial charge in [-0.25, -0.2) is 0 Å². The highest BCUT2D eigenvalue weighted by molar-refractivity contribution is 7.26. The zero-order valence-electron chi connectivity index (χ0n) is 27.3. The fourth-order valence-electron chi connectivity index (χ4n) is 7.67. The summed E-state index contributed by atoms with van der Waals surface area (Å²) in [6, 6.07) is 68.7. The van der Waals surface area contributed by atoms with Crippen molar-refractivity contribution in [3.05, 3.63) is 188 Å². The molecule has 1 nitrogen and oxygen atoms in total. The standard InChI is InChI=1S/C48H31NS/c1-2-12-32(13-3-1)40-16-8-10-20-46(40)49(37-28-29-39-35(30-37)23-22-33-14-4-5-15-38(33)39)36-26-24-34(25-27-36)44-31-45-42-18-9-11-21-47(42)50-48(45)43-19-7-6-17-41(43)44/h1-31H. The van der Waals surface area contributed by atoms with Gasteiger partial charge in [-0.1, -0.05) is 146 Å². The average Bonchev–Trinajstić information content (AvgIpc) is 3.57. The van der Waals surface area contributed by atoms with Crippen molar-refractivity contribution in [2.75, 3.05) is 4.90 Å². The Bertz CT molecular complexity index is 2870. The molecule has 10 aromatic rings. The van der Waals surface area contributed by atoms with Crippen molar-refractivity contribution in [1.29, 1.82) is 0 Å². The van der Waals surface area contributed by atoms with Crippen molar-refractivity contribution in [1.82, 2.24) is 0 Å². The van der Waals surface area contributed by atoms with Crippen LogP contribution in [0.2, 0.25) is 0 Å². The van der Waals surface area contributed by atoms with Gasteiger partial charge in [-0.2, -0.15) is 0 Å². The molecule has 50 heavy (non-hydrogen) atoms. The molecular formula is C48H31NS. The molecule has 0 amide bonds. The van der Waals surface area contributed by atoms with Gasteiger partial charge in [0.15, 0.2) is 0 Å². The summed E-state index contributed by atoms with van der Waals surface area (Å²) in [7, 11) is 0. The molecule has 0 bridgehead atoms. The molecule has 2 heteroatoms. The Morgan fingerprint density at radius 1 is 0.340 bits per heavy atom. The molecule has 1 aromatic heterocycles. The van der Waals surface area contributed by atoms with Gasteiger partial charge < -0.3 is 4.90 Å². The molecule has 0 N–H and O–H groups in total. The van der Waals surface area contributed by atoms with E-state index in [4.69, 9.17) is 0 Å². The molecule has 0 spiro atoms. The first-order chi connectivity index (χ1) is 24.8. The quantitative estimate of drug-likeness (QED) is 0.167. The maximum Gasteiger partial charge on any atom is 0.0540 e. The van der Waals surface area contributed by atoms with Crippen LogP contribution in [0.1, 0.15) is 0 Å². The molecule has 234 valence electrons. The molecule has 0 fully saturated rings. The predicted octanol–water partition coefficient (Wildman–Crippen LogP) is 14.3. The van der Waals surface area contributed by atoms with Crippen molar-refractivity contribution in [3.63, 3.8) is 0 Å². The highest BCUT2D eigenvalue weighted by Gasteiger charge is 2.19. The molecule has 0 saturated heterocycles. The van der Waals surface area contributed by atoms with Crippen molar-refractivity contribution < 1.29 is 0 Å². The monoisotopic (exact) mass is 653 g/mol. The molecule has 0 aliphatic heterocycles. The highest BCUT2D eigenvalue weighted by Crippen LogP contribution is 2.45. The van der Waals surface area contributed by atoms with Gasteiger partial charge in [0, 0.05) is 42.5 Å². The number of thiophene rings is 1. The third kappa shape index (κ3) is 4.69. The summed E-state index contributed by atoms with van der Waals surface area (Å²) in [4.78, 5) is 2.41. The van der Waals surface area contributed by atoms with E-state index in [0.717, 1.165) is 17.1 Å². The van der Waals surface area contributed by atoms with E-state index in [1.165, 1.54) is 74.7 Å². The van der Waals surface area contributed by atoms with E-state index in [1.807, 2.05) is 11.3 Å². The van der Waals surface area contributed by atoms with Gasteiger partial charge in [0.1, 0.15) is 0 Å². The summed E-state index contributed by atoms with van der Waals surface area (Å²) < 4.78 is 2.69. The minimum atomic E-state index is 1.11. The van der Waals surface area contributed by atoms with Gasteiger partial charge in [0.2, 0.25) is 0 Å². The summed E-state index contributed by atoms with van der Waals surface area (Å²) in [6.07, 6.45) is 0. The molecule has 0 saturated carbocycles. The van der Waals surface area contributed by atoms with Crippen LogP contribution in [0, 0.1) is 0 Å². The Hall–Kier alpha value is -6.22. The van der Waals surface area contributed by atoms with E-state index in [9.17, 15) is 0 Å². The fourth-order valence-corrected chi connectivity index (χ4v) is 8.89. The van der Waals surface area contributed by atoms with Crippen LogP contribution in [0.4, 0.5) is 17.1 Å². The number of rotatable bonds is 5. The summed E-state index contributed by atoms with van der Waals surface area (Å²) in [5.74, 6) is 0. The molecule has 1 heterocycles. The Morgan fingerprint density at radius 3 is 1.82 bits per heavy atom. The first-order valence-electron chi connectivity index (χ1n) is 17.1. The molecule has 10 rings (SSSR count). The summed E-state index contributed by atoms with van der Waals surface area (Å²) >= 11 is 1.89. The van der Waals surface area contributed by atoms with Gasteiger partial charge >= 0.3 is 0 Å². The number of nitrogens with zero attached hydrogens (tertiary/aromatic N) is 1. The SMILES string of the molecule is c1ccc(-c2ccccc2N(c2ccc(-c3cc4c5ccccc5sc4c4ccccc34)cc2)c2ccc3c(ccc4ccccc43)c2)cc1. The van der Waals surface area contributed by atoms with Crippen molar-refractivity contribution in [2.45, 2.75) is 0 Å². The molecule has 0 radical (unpaired) electrons. The van der Waals surface area contributed by atoms with Gasteiger partial charge in [-0.3, -0.25) is 0 Å². The van der Waals surface area contributed by atoms with Gasteiger partial charge in [-0.05, 0) is 86.1 Å². The first-order valence-corrected chi connectivity index (χ1v) is 17.9. The summed E-state index contributed by atoms with van der Waals surface area (Å²) in [5.41, 5.74) is 8.24. The van der Waals surface area contributed by atoms with Crippen LogP contribution < -0.4 is 4.90 Å². The van der Waals surface area contributed by atoms with Crippen LogP contribution in [0.25, 0.3) is 74.7 Å². The normalized spacial score (nSPS) is 11.6. The minimum Gasteiger partial charge on any atom is -0.310 e. The zero-order valence-corrected chi connectivity index (χ0v) is 28.1. The zero-order chi connectivity index (χ0) is 33.0. The molecule has 0 aliphatic carbocycles. The second-order valence-corrected chi connectivity index (χ2v) is 14.0. The predicted molar refractivity (Wildman–Crippen MR) is 217 cm³/mol. The Kier molecular flexibility index (Phi) is 6.75. The lowest BCUT2D eigenvalue weighted by molar-refractivity contribution is 1.29. The van der Waals surface area contributed by atoms with Gasteiger partial charge in [0.25, 0.3) is 0 Å². The van der Waals surface area contributed by atoms with E-state index in [1.54, 1.807) is 0 Å². The van der Waals surface area contributed by atoms with Gasteiger partial charge in [0.05, 0.1) is 5.69 Å².